The molecule has 0 heterocycles. The van der Waals surface area contributed by atoms with Crippen LogP contribution in [0.4, 0.5) is 0 Å². The molecular weight excluding hydrogens is 709 g/mol. The van der Waals surface area contributed by atoms with E-state index in [1.54, 1.807) is 0 Å². The highest BCUT2D eigenvalue weighted by molar-refractivity contribution is 7.47. The van der Waals surface area contributed by atoms with Crippen molar-refractivity contribution in [2.24, 2.45) is 5.73 Å². The second-order valence-corrected chi connectivity index (χ2v) is 15.2. The molecule has 0 aromatic rings. The predicted molar refractivity (Wildman–Crippen MR) is 217 cm³/mol. The highest BCUT2D eigenvalue weighted by Crippen LogP contribution is 2.43. The number of phosphoric acid groups is 1. The molecule has 0 radical (unpaired) electrons. The molecular formula is C42H74NO10P. The number of carbonyl (C=O) groups excluding carboxylic acids is 2. The van der Waals surface area contributed by atoms with Crippen LogP contribution in [0.5, 0.6) is 0 Å². The van der Waals surface area contributed by atoms with E-state index in [1.807, 2.05) is 12.2 Å². The zero-order valence-corrected chi connectivity index (χ0v) is 34.4. The summed E-state index contributed by atoms with van der Waals surface area (Å²) in [5.74, 6) is -2.45. The maximum atomic E-state index is 12.6. The fourth-order valence-corrected chi connectivity index (χ4v) is 6.07. The van der Waals surface area contributed by atoms with Gasteiger partial charge in [-0.25, -0.2) is 4.57 Å². The van der Waals surface area contributed by atoms with Crippen LogP contribution < -0.4 is 5.73 Å². The molecule has 312 valence electrons. The van der Waals surface area contributed by atoms with Crippen LogP contribution in [-0.4, -0.2) is 59.9 Å². The molecule has 11 nitrogen and oxygen atoms in total. The number of carboxylic acids is 1. The van der Waals surface area contributed by atoms with Gasteiger partial charge < -0.3 is 25.2 Å². The zero-order chi connectivity index (χ0) is 40.0. The first-order valence-electron chi connectivity index (χ1n) is 20.7. The number of hydrogen-bond donors (Lipinski definition) is 3. The van der Waals surface area contributed by atoms with Crippen LogP contribution in [0.2, 0.25) is 0 Å². The molecule has 0 amide bonds. The molecule has 3 atom stereocenters. The van der Waals surface area contributed by atoms with Crippen molar-refractivity contribution in [3.8, 4) is 0 Å². The number of esters is 2. The lowest BCUT2D eigenvalue weighted by atomic mass is 10.0. The smallest absolute Gasteiger partial charge is 0.472 e. The van der Waals surface area contributed by atoms with Crippen LogP contribution in [0.15, 0.2) is 48.6 Å². The van der Waals surface area contributed by atoms with Gasteiger partial charge >= 0.3 is 25.7 Å². The molecule has 0 aromatic heterocycles. The molecule has 3 unspecified atom stereocenters. The van der Waals surface area contributed by atoms with E-state index in [-0.39, 0.29) is 19.4 Å². The lowest BCUT2D eigenvalue weighted by Crippen LogP contribution is -2.34. The van der Waals surface area contributed by atoms with E-state index in [0.29, 0.717) is 19.3 Å². The SMILES string of the molecule is CCCCCC=CCC=CCC=CCC=CCCCC(=O)OC(COC(=O)CCCCCCCCCCCCCCC)COP(=O)(O)OCC(N)C(=O)O. The van der Waals surface area contributed by atoms with Gasteiger partial charge in [0.1, 0.15) is 12.6 Å². The number of carbonyl (C=O) groups is 3. The highest BCUT2D eigenvalue weighted by atomic mass is 31.2. The van der Waals surface area contributed by atoms with Crippen molar-refractivity contribution in [1.82, 2.24) is 0 Å². The van der Waals surface area contributed by atoms with Crippen LogP contribution >= 0.6 is 7.82 Å². The van der Waals surface area contributed by atoms with Crippen molar-refractivity contribution in [3.63, 3.8) is 0 Å². The lowest BCUT2D eigenvalue weighted by molar-refractivity contribution is -0.161. The number of allylic oxidation sites excluding steroid dienone is 8. The minimum atomic E-state index is -4.73. The lowest BCUT2D eigenvalue weighted by Gasteiger charge is -2.20. The standard InChI is InChI=1S/C42H74NO10P/c1-3-5-7-9-11-13-15-17-18-19-20-22-24-26-28-30-32-34-41(45)53-38(36-51-54(48,49)52-37-39(43)42(46)47)35-50-40(44)33-31-29-27-25-23-21-16-14-12-10-8-6-4-2/h11,13,17-18,20,22,26,28,38-39H,3-10,12,14-16,19,21,23-25,27,29-37,43H2,1-2H3,(H,46,47)(H,48,49). The van der Waals surface area contributed by atoms with E-state index >= 15 is 0 Å². The third kappa shape index (κ3) is 36.4. The predicted octanol–water partition coefficient (Wildman–Crippen LogP) is 10.6. The molecule has 0 aliphatic rings. The number of nitrogens with two attached hydrogens (primary N) is 1. The summed E-state index contributed by atoms with van der Waals surface area (Å²) in [7, 11) is -4.73. The molecule has 54 heavy (non-hydrogen) atoms. The number of ether oxygens (including phenoxy) is 2. The van der Waals surface area contributed by atoms with Crippen LogP contribution in [0.1, 0.15) is 168 Å². The number of hydrogen-bond acceptors (Lipinski definition) is 9. The number of phosphoric ester groups is 1. The van der Waals surface area contributed by atoms with Crippen LogP contribution in [0, 0.1) is 0 Å². The van der Waals surface area contributed by atoms with Gasteiger partial charge in [-0.1, -0.05) is 152 Å². The summed E-state index contributed by atoms with van der Waals surface area (Å²) < 4.78 is 32.6. The summed E-state index contributed by atoms with van der Waals surface area (Å²) in [6, 6.07) is -1.53. The monoisotopic (exact) mass is 784 g/mol. The van der Waals surface area contributed by atoms with Crippen molar-refractivity contribution in [2.45, 2.75) is 180 Å². The van der Waals surface area contributed by atoms with Crippen molar-refractivity contribution >= 4 is 25.7 Å². The van der Waals surface area contributed by atoms with Gasteiger partial charge in [-0.05, 0) is 51.4 Å². The third-order valence-corrected chi connectivity index (χ3v) is 9.53. The molecule has 0 saturated carbocycles. The van der Waals surface area contributed by atoms with E-state index in [4.69, 9.17) is 24.8 Å². The van der Waals surface area contributed by atoms with E-state index < -0.39 is 51.1 Å². The Morgan fingerprint density at radius 1 is 0.574 bits per heavy atom. The molecule has 0 aliphatic carbocycles. The van der Waals surface area contributed by atoms with E-state index in [1.165, 1.54) is 77.0 Å². The first-order valence-corrected chi connectivity index (χ1v) is 22.2. The summed E-state index contributed by atoms with van der Waals surface area (Å²) in [5.41, 5.74) is 5.32. The van der Waals surface area contributed by atoms with Crippen molar-refractivity contribution in [2.75, 3.05) is 19.8 Å². The molecule has 0 fully saturated rings. The average Bonchev–Trinajstić information content (AvgIpc) is 3.14. The highest BCUT2D eigenvalue weighted by Gasteiger charge is 2.28. The Hall–Kier alpha value is -2.56. The molecule has 0 saturated heterocycles. The number of carboxylic acid groups (broad SMARTS) is 1. The largest absolute Gasteiger partial charge is 0.480 e. The van der Waals surface area contributed by atoms with Gasteiger partial charge in [0.15, 0.2) is 6.10 Å². The zero-order valence-electron chi connectivity index (χ0n) is 33.6. The quantitative estimate of drug-likeness (QED) is 0.0235. The van der Waals surface area contributed by atoms with Gasteiger partial charge in [-0.2, -0.15) is 0 Å². The molecule has 0 bridgehead atoms. The van der Waals surface area contributed by atoms with E-state index in [2.05, 4.69) is 54.8 Å². The average molecular weight is 784 g/mol. The molecule has 4 N–H and O–H groups in total. The molecule has 12 heteroatoms. The second kappa shape index (κ2) is 37.4. The summed E-state index contributed by atoms with van der Waals surface area (Å²) in [6.45, 7) is 2.71. The fourth-order valence-electron chi connectivity index (χ4n) is 5.29. The van der Waals surface area contributed by atoms with Crippen LogP contribution in [0.3, 0.4) is 0 Å². The van der Waals surface area contributed by atoms with Gasteiger partial charge in [0.05, 0.1) is 13.2 Å². The Balaban J connectivity index is 4.50. The van der Waals surface area contributed by atoms with Gasteiger partial charge in [0.25, 0.3) is 0 Å². The van der Waals surface area contributed by atoms with Gasteiger partial charge in [-0.3, -0.25) is 23.4 Å². The van der Waals surface area contributed by atoms with Gasteiger partial charge in [-0.15, -0.1) is 0 Å². The first-order chi connectivity index (χ1) is 26.1. The number of aliphatic carboxylic acids is 1. The van der Waals surface area contributed by atoms with Crippen LogP contribution in [0.25, 0.3) is 0 Å². The maximum absolute atomic E-state index is 12.6. The minimum Gasteiger partial charge on any atom is -0.480 e. The summed E-state index contributed by atoms with van der Waals surface area (Å²) in [5, 5.41) is 8.87. The van der Waals surface area contributed by atoms with Gasteiger partial charge in [0.2, 0.25) is 0 Å². The Morgan fingerprint density at radius 2 is 1.00 bits per heavy atom. The summed E-state index contributed by atoms with van der Waals surface area (Å²) in [6.07, 6.45) is 40.4. The summed E-state index contributed by atoms with van der Waals surface area (Å²) in [4.78, 5) is 45.8. The summed E-state index contributed by atoms with van der Waals surface area (Å²) >= 11 is 0. The van der Waals surface area contributed by atoms with Crippen LogP contribution in [-0.2, 0) is 37.5 Å². The Morgan fingerprint density at radius 3 is 1.52 bits per heavy atom. The van der Waals surface area contributed by atoms with E-state index in [0.717, 1.165) is 44.9 Å². The van der Waals surface area contributed by atoms with Gasteiger partial charge in [0, 0.05) is 12.8 Å². The molecule has 0 rings (SSSR count). The van der Waals surface area contributed by atoms with E-state index in [9.17, 15) is 23.8 Å². The molecule has 0 aromatic carbocycles. The third-order valence-electron chi connectivity index (χ3n) is 8.58. The van der Waals surface area contributed by atoms with Crippen molar-refractivity contribution < 1.29 is 47.5 Å². The first kappa shape index (κ1) is 51.4. The Bertz CT molecular complexity index is 1110. The maximum Gasteiger partial charge on any atom is 0.472 e. The molecule has 0 spiro atoms. The minimum absolute atomic E-state index is 0.0855. The second-order valence-electron chi connectivity index (χ2n) is 13.8. The fraction of sp³-hybridized carbons (Fsp3) is 0.738. The topological polar surface area (TPSA) is 172 Å². The van der Waals surface area contributed by atoms with Crippen molar-refractivity contribution in [3.05, 3.63) is 48.6 Å². The Labute approximate surface area is 326 Å². The normalized spacial score (nSPS) is 14.3. The molecule has 0 aliphatic heterocycles. The number of unbranched alkanes of at least 4 members (excludes halogenated alkanes) is 16. The van der Waals surface area contributed by atoms with Crippen molar-refractivity contribution in [1.29, 1.82) is 0 Å². The number of rotatable bonds is 38. The Kier molecular flexibility index (Phi) is 35.6.